The molecule has 1 aliphatic heterocycles. The second-order valence-corrected chi connectivity index (χ2v) is 6.65. The maximum Gasteiger partial charge on any atom is 0.291 e. The van der Waals surface area contributed by atoms with Gasteiger partial charge in [-0.1, -0.05) is 55.1 Å². The first-order valence-corrected chi connectivity index (χ1v) is 8.64. The highest BCUT2D eigenvalue weighted by Crippen LogP contribution is 2.31. The van der Waals surface area contributed by atoms with Crippen LogP contribution in [0.15, 0.2) is 73.3 Å². The van der Waals surface area contributed by atoms with Crippen LogP contribution < -0.4 is 4.74 Å². The molecule has 0 radical (unpaired) electrons. The third-order valence-corrected chi connectivity index (χ3v) is 4.80. The minimum atomic E-state index is -1.57. The molecule has 25 heavy (non-hydrogen) atoms. The largest absolute Gasteiger partial charge is 0.445 e. The van der Waals surface area contributed by atoms with Gasteiger partial charge in [0.05, 0.1) is 5.60 Å². The predicted octanol–water partition coefficient (Wildman–Crippen LogP) is 2.97. The van der Waals surface area contributed by atoms with E-state index in [9.17, 15) is 10.2 Å². The maximum absolute atomic E-state index is 10.9. The molecular formula is C21H25NO3. The first-order valence-electron chi connectivity index (χ1n) is 8.64. The average Bonchev–Trinajstić information content (AvgIpc) is 2.63. The van der Waals surface area contributed by atoms with Crippen LogP contribution in [0.1, 0.15) is 18.4 Å². The minimum absolute atomic E-state index is 0.526. The molecule has 3 rings (SSSR count). The quantitative estimate of drug-likeness (QED) is 0.628. The molecule has 4 nitrogen and oxygen atoms in total. The van der Waals surface area contributed by atoms with Crippen LogP contribution in [0.25, 0.3) is 0 Å². The normalized spacial score (nSPS) is 19.8. The van der Waals surface area contributed by atoms with Gasteiger partial charge >= 0.3 is 0 Å². The van der Waals surface area contributed by atoms with Gasteiger partial charge in [-0.3, -0.25) is 0 Å². The Kier molecular flexibility index (Phi) is 5.23. The van der Waals surface area contributed by atoms with E-state index in [0.29, 0.717) is 38.1 Å². The number of likely N-dealkylation sites (tertiary alicyclic amines) is 1. The van der Waals surface area contributed by atoms with Gasteiger partial charge in [-0.15, -0.1) is 0 Å². The second-order valence-electron chi connectivity index (χ2n) is 6.65. The monoisotopic (exact) mass is 339 g/mol. The van der Waals surface area contributed by atoms with Crippen LogP contribution in [-0.4, -0.2) is 39.7 Å². The number of hydrogen-bond acceptors (Lipinski definition) is 4. The van der Waals surface area contributed by atoms with E-state index < -0.39 is 11.5 Å². The summed E-state index contributed by atoms with van der Waals surface area (Å²) in [6.07, 6.45) is 3.15. The van der Waals surface area contributed by atoms with Gasteiger partial charge in [0, 0.05) is 19.5 Å². The highest BCUT2D eigenvalue weighted by Gasteiger charge is 2.41. The fraction of sp³-hybridized carbons (Fsp3) is 0.333. The van der Waals surface area contributed by atoms with Crippen LogP contribution in [0.5, 0.6) is 5.75 Å². The lowest BCUT2D eigenvalue weighted by molar-refractivity contribution is -0.222. The molecule has 2 N–H and O–H groups in total. The lowest BCUT2D eigenvalue weighted by atomic mass is 9.85. The van der Waals surface area contributed by atoms with E-state index in [1.165, 1.54) is 6.08 Å². The zero-order valence-electron chi connectivity index (χ0n) is 14.3. The number of piperidine rings is 1. The third-order valence-electron chi connectivity index (χ3n) is 4.80. The number of nitrogens with zero attached hydrogens (tertiary/aromatic N) is 1. The Balaban J connectivity index is 1.64. The maximum atomic E-state index is 10.9. The molecule has 2 aromatic carbocycles. The highest BCUT2D eigenvalue weighted by atomic mass is 16.6. The van der Waals surface area contributed by atoms with E-state index in [2.05, 4.69) is 6.58 Å². The van der Waals surface area contributed by atoms with Crippen molar-refractivity contribution in [2.75, 3.05) is 13.1 Å². The molecule has 1 heterocycles. The summed E-state index contributed by atoms with van der Waals surface area (Å²) in [4.78, 5) is 1.81. The molecule has 2 aromatic rings. The summed E-state index contributed by atoms with van der Waals surface area (Å²) in [6, 6.07) is 19.2. The molecule has 1 saturated heterocycles. The number of ether oxygens (including phenoxy) is 1. The summed E-state index contributed by atoms with van der Waals surface area (Å²) in [7, 11) is 0. The fourth-order valence-corrected chi connectivity index (χ4v) is 3.29. The Morgan fingerprint density at radius 1 is 1.04 bits per heavy atom. The Morgan fingerprint density at radius 2 is 1.60 bits per heavy atom. The van der Waals surface area contributed by atoms with Crippen molar-refractivity contribution < 1.29 is 14.9 Å². The summed E-state index contributed by atoms with van der Waals surface area (Å²) in [5.41, 5.74) is 0.366. The Labute approximate surface area is 149 Å². The Bertz CT molecular complexity index is 681. The molecular weight excluding hydrogens is 314 g/mol. The first kappa shape index (κ1) is 17.7. The molecule has 0 saturated carbocycles. The van der Waals surface area contributed by atoms with Gasteiger partial charge in [0.1, 0.15) is 5.75 Å². The van der Waals surface area contributed by atoms with Gasteiger partial charge in [0.15, 0.2) is 0 Å². The van der Waals surface area contributed by atoms with Gasteiger partial charge in [-0.2, -0.15) is 0 Å². The van der Waals surface area contributed by atoms with Crippen LogP contribution in [0.4, 0.5) is 0 Å². The van der Waals surface area contributed by atoms with Crippen LogP contribution in [0, 0.1) is 0 Å². The second kappa shape index (κ2) is 7.40. The highest BCUT2D eigenvalue weighted by molar-refractivity contribution is 5.22. The van der Waals surface area contributed by atoms with E-state index >= 15 is 0 Å². The van der Waals surface area contributed by atoms with Gasteiger partial charge in [-0.05, 0) is 36.6 Å². The van der Waals surface area contributed by atoms with Gasteiger partial charge in [-0.25, -0.2) is 4.90 Å². The van der Waals surface area contributed by atoms with Gasteiger partial charge < -0.3 is 14.9 Å². The summed E-state index contributed by atoms with van der Waals surface area (Å²) < 4.78 is 5.76. The smallest absolute Gasteiger partial charge is 0.291 e. The van der Waals surface area contributed by atoms with Crippen LogP contribution in [0.3, 0.4) is 0 Å². The topological polar surface area (TPSA) is 52.9 Å². The van der Waals surface area contributed by atoms with Crippen molar-refractivity contribution in [3.63, 3.8) is 0 Å². The third kappa shape index (κ3) is 4.28. The number of para-hydroxylation sites is 1. The van der Waals surface area contributed by atoms with Crippen molar-refractivity contribution in [3.05, 3.63) is 78.9 Å². The summed E-state index contributed by atoms with van der Waals surface area (Å²) in [6.45, 7) is 4.78. The lowest BCUT2D eigenvalue weighted by Crippen LogP contribution is -2.57. The number of benzene rings is 2. The molecule has 1 aliphatic rings. The molecule has 0 aliphatic carbocycles. The van der Waals surface area contributed by atoms with Crippen molar-refractivity contribution >= 4 is 0 Å². The first-order chi connectivity index (χ1) is 12.0. The van der Waals surface area contributed by atoms with E-state index in [4.69, 9.17) is 4.74 Å². The standard InChI is InChI=1S/C21H25NO3/c1-2-21(24,25-19-11-7-4-8-12-19)22-15-13-20(23,14-16-22)17-18-9-5-3-6-10-18/h2-12,23-24H,1,13-17H2. The summed E-state index contributed by atoms with van der Waals surface area (Å²) >= 11 is 0. The number of hydrogen-bond donors (Lipinski definition) is 2. The number of rotatable bonds is 6. The molecule has 132 valence electrons. The molecule has 1 atom stereocenters. The molecule has 1 fully saturated rings. The Hall–Kier alpha value is -2.14. The van der Waals surface area contributed by atoms with Gasteiger partial charge in [0.25, 0.3) is 5.91 Å². The van der Waals surface area contributed by atoms with E-state index in [-0.39, 0.29) is 0 Å². The number of aliphatic hydroxyl groups is 2. The molecule has 0 spiro atoms. The lowest BCUT2D eigenvalue weighted by Gasteiger charge is -2.44. The van der Waals surface area contributed by atoms with E-state index in [0.717, 1.165) is 5.56 Å². The predicted molar refractivity (Wildman–Crippen MR) is 98.1 cm³/mol. The van der Waals surface area contributed by atoms with Crippen molar-refractivity contribution in [3.8, 4) is 5.75 Å². The van der Waals surface area contributed by atoms with Crippen molar-refractivity contribution in [2.45, 2.75) is 30.8 Å². The zero-order chi connectivity index (χ0) is 17.8. The van der Waals surface area contributed by atoms with Crippen LogP contribution >= 0.6 is 0 Å². The minimum Gasteiger partial charge on any atom is -0.445 e. The average molecular weight is 339 g/mol. The van der Waals surface area contributed by atoms with Crippen molar-refractivity contribution in [2.24, 2.45) is 0 Å². The van der Waals surface area contributed by atoms with E-state index in [1.54, 1.807) is 12.1 Å². The van der Waals surface area contributed by atoms with E-state index in [1.807, 2.05) is 53.4 Å². The van der Waals surface area contributed by atoms with Gasteiger partial charge in [0.2, 0.25) is 0 Å². The Morgan fingerprint density at radius 3 is 2.16 bits per heavy atom. The summed E-state index contributed by atoms with van der Waals surface area (Å²) in [5.74, 6) is -0.995. The molecule has 0 amide bonds. The fourth-order valence-electron chi connectivity index (χ4n) is 3.29. The van der Waals surface area contributed by atoms with Crippen LogP contribution in [0.2, 0.25) is 0 Å². The molecule has 4 heteroatoms. The molecule has 0 bridgehead atoms. The zero-order valence-corrected chi connectivity index (χ0v) is 14.3. The van der Waals surface area contributed by atoms with Crippen molar-refractivity contribution in [1.82, 2.24) is 4.90 Å². The summed E-state index contributed by atoms with van der Waals surface area (Å²) in [5, 5.41) is 21.8. The van der Waals surface area contributed by atoms with Crippen molar-refractivity contribution in [1.29, 1.82) is 0 Å². The molecule has 1 unspecified atom stereocenters. The SMILES string of the molecule is C=CC(O)(Oc1ccccc1)N1CCC(O)(Cc2ccccc2)CC1. The molecule has 0 aromatic heterocycles. The van der Waals surface area contributed by atoms with Crippen LogP contribution in [-0.2, 0) is 6.42 Å².